The quantitative estimate of drug-likeness (QED) is 0.809. The summed E-state index contributed by atoms with van der Waals surface area (Å²) >= 11 is 1.52. The summed E-state index contributed by atoms with van der Waals surface area (Å²) in [7, 11) is 1.63. The number of hydrogen-bond donors (Lipinski definition) is 1. The fourth-order valence-corrected chi connectivity index (χ4v) is 2.53. The number of amides is 1. The highest BCUT2D eigenvalue weighted by Crippen LogP contribution is 2.23. The number of nitrogens with zero attached hydrogens (tertiary/aromatic N) is 1. The molecule has 0 saturated carbocycles. The number of carbonyl (C=O) groups is 1. The molecule has 0 aliphatic rings. The molecule has 0 bridgehead atoms. The number of thioether (sulfide) groups is 1. The number of carbonyl (C=O) groups excluding carboxylic acids is 1. The van der Waals surface area contributed by atoms with Crippen LogP contribution in [-0.2, 0) is 10.5 Å². The number of nitrogens with one attached hydrogen (secondary N) is 1. The maximum Gasteiger partial charge on any atom is 0.230 e. The van der Waals surface area contributed by atoms with Gasteiger partial charge in [0.2, 0.25) is 11.8 Å². The van der Waals surface area contributed by atoms with Crippen LogP contribution >= 0.6 is 11.8 Å². The van der Waals surface area contributed by atoms with Gasteiger partial charge in [0.25, 0.3) is 0 Å². The molecule has 1 heterocycles. The summed E-state index contributed by atoms with van der Waals surface area (Å²) < 4.78 is 10.6. The molecule has 1 amide bonds. The van der Waals surface area contributed by atoms with Crippen molar-refractivity contribution in [1.29, 1.82) is 0 Å². The third kappa shape index (κ3) is 4.80. The SMILES string of the molecule is CCCNC(=O)CSCc1coc(-c2ccc(OC)cc2)n1. The Bertz CT molecular complexity index is 596. The minimum atomic E-state index is 0.0609. The second-order valence-electron chi connectivity index (χ2n) is 4.72. The molecule has 6 heteroatoms. The van der Waals surface area contributed by atoms with E-state index >= 15 is 0 Å². The zero-order valence-electron chi connectivity index (χ0n) is 12.8. The van der Waals surface area contributed by atoms with Crippen molar-refractivity contribution in [2.75, 3.05) is 19.4 Å². The topological polar surface area (TPSA) is 64.4 Å². The van der Waals surface area contributed by atoms with Crippen LogP contribution in [0.15, 0.2) is 34.9 Å². The van der Waals surface area contributed by atoms with Crippen LogP contribution in [0.3, 0.4) is 0 Å². The van der Waals surface area contributed by atoms with Crippen LogP contribution in [0.4, 0.5) is 0 Å². The minimum absolute atomic E-state index is 0.0609. The first-order chi connectivity index (χ1) is 10.7. The molecule has 0 saturated heterocycles. The molecule has 0 aliphatic carbocycles. The fourth-order valence-electron chi connectivity index (χ4n) is 1.80. The maximum absolute atomic E-state index is 11.5. The molecule has 1 aromatic carbocycles. The number of ether oxygens (including phenoxy) is 1. The fraction of sp³-hybridized carbons (Fsp3) is 0.375. The van der Waals surface area contributed by atoms with E-state index in [1.165, 1.54) is 11.8 Å². The summed E-state index contributed by atoms with van der Waals surface area (Å²) in [5.74, 6) is 2.52. The summed E-state index contributed by atoms with van der Waals surface area (Å²) in [6.45, 7) is 2.76. The Morgan fingerprint density at radius 2 is 2.14 bits per heavy atom. The summed E-state index contributed by atoms with van der Waals surface area (Å²) in [6.07, 6.45) is 2.58. The van der Waals surface area contributed by atoms with Gasteiger partial charge in [-0.2, -0.15) is 0 Å². The molecule has 5 nitrogen and oxygen atoms in total. The predicted octanol–water partition coefficient (Wildman–Crippen LogP) is 3.11. The maximum atomic E-state index is 11.5. The smallest absolute Gasteiger partial charge is 0.230 e. The van der Waals surface area contributed by atoms with Gasteiger partial charge >= 0.3 is 0 Å². The molecule has 0 unspecified atom stereocenters. The van der Waals surface area contributed by atoms with E-state index < -0.39 is 0 Å². The lowest BCUT2D eigenvalue weighted by Crippen LogP contribution is -2.25. The van der Waals surface area contributed by atoms with E-state index in [1.807, 2.05) is 31.2 Å². The van der Waals surface area contributed by atoms with E-state index in [0.29, 0.717) is 17.4 Å². The second-order valence-corrected chi connectivity index (χ2v) is 5.70. The molecule has 1 aromatic heterocycles. The third-order valence-corrected chi connectivity index (χ3v) is 3.91. The molecule has 0 aliphatic heterocycles. The van der Waals surface area contributed by atoms with Gasteiger partial charge in [-0.3, -0.25) is 4.79 Å². The molecular weight excluding hydrogens is 300 g/mol. The van der Waals surface area contributed by atoms with Crippen LogP contribution in [0.1, 0.15) is 19.0 Å². The standard InChI is InChI=1S/C16H20N2O3S/c1-3-8-17-15(19)11-22-10-13-9-21-16(18-13)12-4-6-14(20-2)7-5-12/h4-7,9H,3,8,10-11H2,1-2H3,(H,17,19). The van der Waals surface area contributed by atoms with Crippen LogP contribution in [0, 0.1) is 0 Å². The van der Waals surface area contributed by atoms with E-state index in [0.717, 1.165) is 30.0 Å². The highest BCUT2D eigenvalue weighted by Gasteiger charge is 2.08. The molecule has 2 aromatic rings. The highest BCUT2D eigenvalue weighted by atomic mass is 32.2. The lowest BCUT2D eigenvalue weighted by atomic mass is 10.2. The predicted molar refractivity (Wildman–Crippen MR) is 88.0 cm³/mol. The zero-order chi connectivity index (χ0) is 15.8. The number of benzene rings is 1. The van der Waals surface area contributed by atoms with Gasteiger partial charge in [0.15, 0.2) is 0 Å². The van der Waals surface area contributed by atoms with Gasteiger partial charge in [0, 0.05) is 17.9 Å². The first-order valence-corrected chi connectivity index (χ1v) is 8.31. The Labute approximate surface area is 134 Å². The molecule has 0 spiro atoms. The Balaban J connectivity index is 1.84. The minimum Gasteiger partial charge on any atom is -0.497 e. The van der Waals surface area contributed by atoms with Crippen molar-refractivity contribution < 1.29 is 13.9 Å². The number of methoxy groups -OCH3 is 1. The number of rotatable bonds is 8. The van der Waals surface area contributed by atoms with Crippen molar-refractivity contribution in [1.82, 2.24) is 10.3 Å². The van der Waals surface area contributed by atoms with Gasteiger partial charge in [0.05, 0.1) is 18.6 Å². The Morgan fingerprint density at radius 3 is 2.82 bits per heavy atom. The van der Waals surface area contributed by atoms with E-state index in [4.69, 9.17) is 9.15 Å². The molecule has 1 N–H and O–H groups in total. The zero-order valence-corrected chi connectivity index (χ0v) is 13.6. The molecule has 118 valence electrons. The monoisotopic (exact) mass is 320 g/mol. The van der Waals surface area contributed by atoms with Gasteiger partial charge in [0.1, 0.15) is 12.0 Å². The van der Waals surface area contributed by atoms with E-state index in [2.05, 4.69) is 10.3 Å². The van der Waals surface area contributed by atoms with Crippen molar-refractivity contribution in [3.05, 3.63) is 36.2 Å². The number of oxazole rings is 1. The van der Waals surface area contributed by atoms with Crippen molar-refractivity contribution in [2.45, 2.75) is 19.1 Å². The van der Waals surface area contributed by atoms with Crippen LogP contribution in [0.25, 0.3) is 11.5 Å². The van der Waals surface area contributed by atoms with E-state index in [9.17, 15) is 4.79 Å². The first kappa shape index (κ1) is 16.4. The van der Waals surface area contributed by atoms with E-state index in [1.54, 1.807) is 13.4 Å². The summed E-state index contributed by atoms with van der Waals surface area (Å²) in [5.41, 5.74) is 1.73. The van der Waals surface area contributed by atoms with Crippen molar-refractivity contribution in [2.24, 2.45) is 0 Å². The van der Waals surface area contributed by atoms with Crippen LogP contribution in [-0.4, -0.2) is 30.3 Å². The molecule has 22 heavy (non-hydrogen) atoms. The van der Waals surface area contributed by atoms with Crippen LogP contribution in [0.2, 0.25) is 0 Å². The average Bonchev–Trinajstić information content (AvgIpc) is 3.02. The lowest BCUT2D eigenvalue weighted by Gasteiger charge is -2.01. The first-order valence-electron chi connectivity index (χ1n) is 7.16. The Morgan fingerprint density at radius 1 is 1.36 bits per heavy atom. The molecule has 2 rings (SSSR count). The molecule has 0 atom stereocenters. The molecule has 0 radical (unpaired) electrons. The number of aromatic nitrogens is 1. The van der Waals surface area contributed by atoms with Crippen LogP contribution < -0.4 is 10.1 Å². The summed E-state index contributed by atoms with van der Waals surface area (Å²) in [4.78, 5) is 15.9. The molecular formula is C16H20N2O3S. The normalized spacial score (nSPS) is 10.5. The van der Waals surface area contributed by atoms with Gasteiger partial charge in [-0.15, -0.1) is 11.8 Å². The van der Waals surface area contributed by atoms with Crippen molar-refractivity contribution in [3.63, 3.8) is 0 Å². The summed E-state index contributed by atoms with van der Waals surface area (Å²) in [6, 6.07) is 7.54. The third-order valence-electron chi connectivity index (χ3n) is 2.94. The van der Waals surface area contributed by atoms with Crippen LogP contribution in [0.5, 0.6) is 5.75 Å². The van der Waals surface area contributed by atoms with E-state index in [-0.39, 0.29) is 5.91 Å². The van der Waals surface area contributed by atoms with Crippen molar-refractivity contribution in [3.8, 4) is 17.2 Å². The summed E-state index contributed by atoms with van der Waals surface area (Å²) in [5, 5.41) is 2.84. The van der Waals surface area contributed by atoms with Gasteiger partial charge in [-0.05, 0) is 30.7 Å². The van der Waals surface area contributed by atoms with Gasteiger partial charge < -0.3 is 14.5 Å². The highest BCUT2D eigenvalue weighted by molar-refractivity contribution is 7.99. The Kier molecular flexibility index (Phi) is 6.33. The van der Waals surface area contributed by atoms with Crippen molar-refractivity contribution >= 4 is 17.7 Å². The Hall–Kier alpha value is -1.95. The van der Waals surface area contributed by atoms with Gasteiger partial charge in [-0.1, -0.05) is 6.92 Å². The second kappa shape index (κ2) is 8.48. The number of hydrogen-bond acceptors (Lipinski definition) is 5. The largest absolute Gasteiger partial charge is 0.497 e. The van der Waals surface area contributed by atoms with Gasteiger partial charge in [-0.25, -0.2) is 4.98 Å². The average molecular weight is 320 g/mol. The lowest BCUT2D eigenvalue weighted by molar-refractivity contribution is -0.118. The molecule has 0 fully saturated rings.